The standard InChI is InChI=1S/C12H16N2O4/c1-3-4-12(15)17-16-11-7-9(2)5-6-10(11)8-14-18-13/h5-8H,3-4,13H2,1-2H3. The van der Waals surface area contributed by atoms with Crippen LogP contribution in [0.5, 0.6) is 5.75 Å². The van der Waals surface area contributed by atoms with Crippen LogP contribution in [0.1, 0.15) is 30.9 Å². The minimum atomic E-state index is -0.419. The molecule has 0 fully saturated rings. The fraction of sp³-hybridized carbons (Fsp3) is 0.333. The summed E-state index contributed by atoms with van der Waals surface area (Å²) in [4.78, 5) is 25.0. The molecule has 6 heteroatoms. The lowest BCUT2D eigenvalue weighted by molar-refractivity contribution is -0.213. The first kappa shape index (κ1) is 14.0. The summed E-state index contributed by atoms with van der Waals surface area (Å²) in [5, 5.41) is 3.43. The number of hydrogen-bond acceptors (Lipinski definition) is 6. The average molecular weight is 252 g/mol. The molecular weight excluding hydrogens is 236 g/mol. The van der Waals surface area contributed by atoms with E-state index in [1.54, 1.807) is 12.1 Å². The molecule has 0 aliphatic carbocycles. The minimum absolute atomic E-state index is 0.307. The summed E-state index contributed by atoms with van der Waals surface area (Å²) in [6, 6.07) is 5.33. The zero-order valence-corrected chi connectivity index (χ0v) is 10.4. The second kappa shape index (κ2) is 7.29. The number of benzene rings is 1. The van der Waals surface area contributed by atoms with Crippen molar-refractivity contribution in [3.05, 3.63) is 29.3 Å². The third kappa shape index (κ3) is 4.42. The first-order valence-electron chi connectivity index (χ1n) is 5.54. The molecule has 0 saturated carbocycles. The van der Waals surface area contributed by atoms with Gasteiger partial charge in [0.1, 0.15) is 0 Å². The smallest absolute Gasteiger partial charge is 0.303 e. The molecule has 0 amide bonds. The van der Waals surface area contributed by atoms with E-state index in [4.69, 9.17) is 10.8 Å². The van der Waals surface area contributed by atoms with Crippen molar-refractivity contribution >= 4 is 12.2 Å². The molecule has 2 N–H and O–H groups in total. The number of carbonyl (C=O) groups excluding carboxylic acids is 1. The van der Waals surface area contributed by atoms with Crippen LogP contribution in [-0.4, -0.2) is 12.2 Å². The molecule has 18 heavy (non-hydrogen) atoms. The molecule has 1 aromatic rings. The van der Waals surface area contributed by atoms with Gasteiger partial charge in [-0.3, -0.25) is 9.78 Å². The van der Waals surface area contributed by atoms with Gasteiger partial charge in [0.2, 0.25) is 0 Å². The van der Waals surface area contributed by atoms with E-state index >= 15 is 0 Å². The van der Waals surface area contributed by atoms with Crippen LogP contribution in [0.15, 0.2) is 23.4 Å². The third-order valence-electron chi connectivity index (χ3n) is 2.10. The molecule has 0 aliphatic heterocycles. The van der Waals surface area contributed by atoms with E-state index in [0.29, 0.717) is 24.2 Å². The molecular formula is C12H16N2O4. The van der Waals surface area contributed by atoms with Gasteiger partial charge in [-0.1, -0.05) is 18.1 Å². The van der Waals surface area contributed by atoms with Crippen LogP contribution < -0.4 is 10.8 Å². The quantitative estimate of drug-likeness (QED) is 0.474. The van der Waals surface area contributed by atoms with Crippen LogP contribution in [0.4, 0.5) is 0 Å². The maximum absolute atomic E-state index is 11.2. The van der Waals surface area contributed by atoms with Gasteiger partial charge in [-0.25, -0.2) is 4.79 Å². The van der Waals surface area contributed by atoms with Crippen molar-refractivity contribution in [2.45, 2.75) is 26.7 Å². The monoisotopic (exact) mass is 252 g/mol. The Morgan fingerprint density at radius 2 is 2.28 bits per heavy atom. The highest BCUT2D eigenvalue weighted by Crippen LogP contribution is 2.19. The zero-order chi connectivity index (χ0) is 13.4. The van der Waals surface area contributed by atoms with Crippen molar-refractivity contribution in [2.24, 2.45) is 11.1 Å². The number of nitrogens with zero attached hydrogens (tertiary/aromatic N) is 1. The van der Waals surface area contributed by atoms with E-state index in [9.17, 15) is 4.79 Å². The van der Waals surface area contributed by atoms with Crippen LogP contribution in [-0.2, 0) is 14.6 Å². The van der Waals surface area contributed by atoms with E-state index in [-0.39, 0.29) is 0 Å². The predicted molar refractivity (Wildman–Crippen MR) is 65.7 cm³/mol. The van der Waals surface area contributed by atoms with Crippen molar-refractivity contribution in [1.29, 1.82) is 0 Å². The van der Waals surface area contributed by atoms with Gasteiger partial charge in [0.15, 0.2) is 5.75 Å². The summed E-state index contributed by atoms with van der Waals surface area (Å²) in [6.07, 6.45) is 2.37. The predicted octanol–water partition coefficient (Wildman–Crippen LogP) is 1.86. The number of rotatable bonds is 6. The molecule has 0 atom stereocenters. The van der Waals surface area contributed by atoms with Crippen LogP contribution >= 0.6 is 0 Å². The molecule has 1 aromatic carbocycles. The minimum Gasteiger partial charge on any atom is -0.303 e. The largest absolute Gasteiger partial charge is 0.355 e. The third-order valence-corrected chi connectivity index (χ3v) is 2.10. The van der Waals surface area contributed by atoms with Gasteiger partial charge in [0.25, 0.3) is 0 Å². The van der Waals surface area contributed by atoms with E-state index < -0.39 is 5.97 Å². The molecule has 0 heterocycles. The highest BCUT2D eigenvalue weighted by Gasteiger charge is 2.07. The van der Waals surface area contributed by atoms with Crippen molar-refractivity contribution in [1.82, 2.24) is 0 Å². The van der Waals surface area contributed by atoms with E-state index in [0.717, 1.165) is 5.56 Å². The lowest BCUT2D eigenvalue weighted by atomic mass is 10.1. The Balaban J connectivity index is 2.75. The molecule has 0 radical (unpaired) electrons. The molecule has 0 bridgehead atoms. The molecule has 0 saturated heterocycles. The van der Waals surface area contributed by atoms with Crippen molar-refractivity contribution in [3.63, 3.8) is 0 Å². The summed E-state index contributed by atoms with van der Waals surface area (Å²) < 4.78 is 0. The fourth-order valence-corrected chi connectivity index (χ4v) is 1.24. The number of aryl methyl sites for hydroxylation is 1. The van der Waals surface area contributed by atoms with Gasteiger partial charge >= 0.3 is 5.97 Å². The maximum Gasteiger partial charge on any atom is 0.355 e. The van der Waals surface area contributed by atoms with Crippen LogP contribution in [0.2, 0.25) is 0 Å². The van der Waals surface area contributed by atoms with Gasteiger partial charge in [-0.15, -0.1) is 5.90 Å². The lowest BCUT2D eigenvalue weighted by Gasteiger charge is -2.07. The topological polar surface area (TPSA) is 83.1 Å². The van der Waals surface area contributed by atoms with Gasteiger partial charge in [0.05, 0.1) is 6.21 Å². The Hall–Kier alpha value is -2.08. The summed E-state index contributed by atoms with van der Waals surface area (Å²) in [5.41, 5.74) is 1.55. The Morgan fingerprint density at radius 1 is 1.50 bits per heavy atom. The summed E-state index contributed by atoms with van der Waals surface area (Å²) in [7, 11) is 0. The van der Waals surface area contributed by atoms with Gasteiger partial charge in [-0.05, 0) is 31.0 Å². The molecule has 98 valence electrons. The summed E-state index contributed by atoms with van der Waals surface area (Å²) >= 11 is 0. The first-order chi connectivity index (χ1) is 8.67. The van der Waals surface area contributed by atoms with Crippen molar-refractivity contribution < 1.29 is 19.5 Å². The Kier molecular flexibility index (Phi) is 5.66. The van der Waals surface area contributed by atoms with Crippen LogP contribution in [0, 0.1) is 6.92 Å². The fourth-order valence-electron chi connectivity index (χ4n) is 1.24. The Labute approximate surface area is 105 Å². The molecule has 0 aromatic heterocycles. The van der Waals surface area contributed by atoms with Crippen LogP contribution in [0.3, 0.4) is 0 Å². The summed E-state index contributed by atoms with van der Waals surface area (Å²) in [5.74, 6) is 4.75. The van der Waals surface area contributed by atoms with Crippen molar-refractivity contribution in [2.75, 3.05) is 0 Å². The molecule has 1 rings (SSSR count). The zero-order valence-electron chi connectivity index (χ0n) is 10.4. The van der Waals surface area contributed by atoms with E-state index in [1.165, 1.54) is 6.21 Å². The number of oxime groups is 1. The maximum atomic E-state index is 11.2. The number of hydrogen-bond donors (Lipinski definition) is 1. The van der Waals surface area contributed by atoms with E-state index in [2.05, 4.69) is 15.0 Å². The number of carbonyl (C=O) groups is 1. The molecule has 0 unspecified atom stereocenters. The van der Waals surface area contributed by atoms with Crippen molar-refractivity contribution in [3.8, 4) is 5.75 Å². The van der Waals surface area contributed by atoms with Gasteiger partial charge < -0.3 is 4.94 Å². The normalized spacial score (nSPS) is 10.4. The first-order valence-corrected chi connectivity index (χ1v) is 5.54. The van der Waals surface area contributed by atoms with Gasteiger partial charge in [-0.2, -0.15) is 0 Å². The lowest BCUT2D eigenvalue weighted by Crippen LogP contribution is -2.08. The van der Waals surface area contributed by atoms with Crippen LogP contribution in [0.25, 0.3) is 0 Å². The molecule has 0 aliphatic rings. The second-order valence-electron chi connectivity index (χ2n) is 3.67. The highest BCUT2D eigenvalue weighted by atomic mass is 17.2. The van der Waals surface area contributed by atoms with E-state index in [1.807, 2.05) is 19.9 Å². The average Bonchev–Trinajstić information content (AvgIpc) is 2.35. The Morgan fingerprint density at radius 3 is 2.94 bits per heavy atom. The SMILES string of the molecule is CCCC(=O)OOc1cc(C)ccc1C=NON. The highest BCUT2D eigenvalue weighted by molar-refractivity contribution is 5.83. The molecule has 6 nitrogen and oxygen atoms in total. The second-order valence-corrected chi connectivity index (χ2v) is 3.67. The Bertz CT molecular complexity index is 432. The van der Waals surface area contributed by atoms with Gasteiger partial charge in [0, 0.05) is 12.0 Å². The summed E-state index contributed by atoms with van der Waals surface area (Å²) in [6.45, 7) is 3.77. The number of nitrogens with two attached hydrogens (primary N) is 1. The molecule has 0 spiro atoms.